The van der Waals surface area contributed by atoms with Crippen molar-refractivity contribution in [2.24, 2.45) is 5.10 Å². The maximum Gasteiger partial charge on any atom is 0.277 e. The lowest BCUT2D eigenvalue weighted by atomic mass is 10.0. The number of halogens is 1. The minimum atomic E-state index is -0.304. The summed E-state index contributed by atoms with van der Waals surface area (Å²) in [5.41, 5.74) is 5.17. The van der Waals surface area contributed by atoms with Gasteiger partial charge in [-0.25, -0.2) is 5.43 Å². The lowest BCUT2D eigenvalue weighted by Crippen LogP contribution is -2.25. The molecule has 0 unspecified atom stereocenters. The lowest BCUT2D eigenvalue weighted by Gasteiger charge is -2.13. The third kappa shape index (κ3) is 5.10. The van der Waals surface area contributed by atoms with Crippen LogP contribution in [0, 0.1) is 0 Å². The van der Waals surface area contributed by atoms with Crippen LogP contribution in [0.25, 0.3) is 0 Å². The second kappa shape index (κ2) is 8.50. The van der Waals surface area contributed by atoms with Gasteiger partial charge in [-0.05, 0) is 42.2 Å². The summed E-state index contributed by atoms with van der Waals surface area (Å²) in [6.07, 6.45) is 0. The van der Waals surface area contributed by atoms with Crippen molar-refractivity contribution in [2.45, 2.75) is 26.7 Å². The summed E-state index contributed by atoms with van der Waals surface area (Å²) in [4.78, 5) is 11.9. The van der Waals surface area contributed by atoms with Gasteiger partial charge < -0.3 is 4.74 Å². The molecule has 126 valence electrons. The number of amides is 1. The summed E-state index contributed by atoms with van der Waals surface area (Å²) in [5.74, 6) is 0.748. The quantitative estimate of drug-likeness (QED) is 0.624. The Balaban J connectivity index is 1.92. The molecule has 0 heterocycles. The van der Waals surface area contributed by atoms with Crippen LogP contribution in [0.15, 0.2) is 53.6 Å². The SMILES string of the molecule is C/C(=N\NC(=O)COc1ccccc1C(C)C)c1ccc(Cl)cc1. The third-order valence-electron chi connectivity index (χ3n) is 3.51. The molecule has 5 heteroatoms. The van der Waals surface area contributed by atoms with E-state index in [4.69, 9.17) is 16.3 Å². The number of nitrogens with one attached hydrogen (secondary N) is 1. The highest BCUT2D eigenvalue weighted by molar-refractivity contribution is 6.30. The third-order valence-corrected chi connectivity index (χ3v) is 3.76. The highest BCUT2D eigenvalue weighted by atomic mass is 35.5. The van der Waals surface area contributed by atoms with Crippen LogP contribution in [0.1, 0.15) is 37.8 Å². The molecule has 0 fully saturated rings. The van der Waals surface area contributed by atoms with E-state index in [0.29, 0.717) is 16.7 Å². The van der Waals surface area contributed by atoms with E-state index in [9.17, 15) is 4.79 Å². The normalized spacial score (nSPS) is 11.5. The predicted molar refractivity (Wildman–Crippen MR) is 97.8 cm³/mol. The van der Waals surface area contributed by atoms with Crippen molar-refractivity contribution in [3.05, 3.63) is 64.7 Å². The maximum atomic E-state index is 11.9. The molecule has 1 N–H and O–H groups in total. The predicted octanol–water partition coefficient (Wildman–Crippen LogP) is 4.38. The molecule has 0 spiro atoms. The average Bonchev–Trinajstić information content (AvgIpc) is 2.58. The number of hydrogen-bond donors (Lipinski definition) is 1. The van der Waals surface area contributed by atoms with E-state index in [2.05, 4.69) is 24.4 Å². The first kappa shape index (κ1) is 18.0. The average molecular weight is 345 g/mol. The molecule has 0 aromatic heterocycles. The van der Waals surface area contributed by atoms with Crippen LogP contribution in [-0.4, -0.2) is 18.2 Å². The van der Waals surface area contributed by atoms with E-state index in [1.807, 2.05) is 43.3 Å². The van der Waals surface area contributed by atoms with Gasteiger partial charge >= 0.3 is 0 Å². The van der Waals surface area contributed by atoms with Gasteiger partial charge in [-0.2, -0.15) is 5.10 Å². The first-order valence-corrected chi connectivity index (χ1v) is 8.16. The Bertz CT molecular complexity index is 724. The summed E-state index contributed by atoms with van der Waals surface area (Å²) >= 11 is 5.85. The summed E-state index contributed by atoms with van der Waals surface area (Å²) in [6, 6.07) is 15.0. The zero-order chi connectivity index (χ0) is 17.5. The van der Waals surface area contributed by atoms with E-state index in [1.165, 1.54) is 0 Å². The van der Waals surface area contributed by atoms with Gasteiger partial charge in [0.25, 0.3) is 5.91 Å². The number of nitrogens with zero attached hydrogens (tertiary/aromatic N) is 1. The Morgan fingerprint density at radius 2 is 1.83 bits per heavy atom. The smallest absolute Gasteiger partial charge is 0.277 e. The molecule has 0 atom stereocenters. The summed E-state index contributed by atoms with van der Waals surface area (Å²) in [5, 5.41) is 4.75. The number of benzene rings is 2. The Morgan fingerprint density at radius 3 is 2.50 bits per heavy atom. The molecule has 0 saturated heterocycles. The van der Waals surface area contributed by atoms with Crippen molar-refractivity contribution in [1.29, 1.82) is 0 Å². The van der Waals surface area contributed by atoms with E-state index in [1.54, 1.807) is 12.1 Å². The van der Waals surface area contributed by atoms with Crippen LogP contribution in [0.2, 0.25) is 5.02 Å². The zero-order valence-electron chi connectivity index (χ0n) is 14.0. The van der Waals surface area contributed by atoms with E-state index in [-0.39, 0.29) is 12.5 Å². The minimum absolute atomic E-state index is 0.0822. The molecule has 2 aromatic rings. The van der Waals surface area contributed by atoms with Gasteiger partial charge in [0.2, 0.25) is 0 Å². The Labute approximate surface area is 147 Å². The molecular formula is C19H21ClN2O2. The topological polar surface area (TPSA) is 50.7 Å². The molecule has 0 saturated carbocycles. The first-order valence-electron chi connectivity index (χ1n) is 7.78. The van der Waals surface area contributed by atoms with Crippen LogP contribution >= 0.6 is 11.6 Å². The molecular weight excluding hydrogens is 324 g/mol. The Morgan fingerprint density at radius 1 is 1.17 bits per heavy atom. The number of hydrogen-bond acceptors (Lipinski definition) is 3. The minimum Gasteiger partial charge on any atom is -0.483 e. The molecule has 0 bridgehead atoms. The van der Waals surface area contributed by atoms with Gasteiger partial charge in [0, 0.05) is 5.02 Å². The van der Waals surface area contributed by atoms with Crippen molar-refractivity contribution in [3.8, 4) is 5.75 Å². The van der Waals surface area contributed by atoms with E-state index in [0.717, 1.165) is 16.9 Å². The van der Waals surface area contributed by atoms with Crippen molar-refractivity contribution in [2.75, 3.05) is 6.61 Å². The number of para-hydroxylation sites is 1. The second-order valence-electron chi connectivity index (χ2n) is 5.72. The van der Waals surface area contributed by atoms with Gasteiger partial charge in [-0.3, -0.25) is 4.79 Å². The van der Waals surface area contributed by atoms with Crippen LogP contribution in [-0.2, 0) is 4.79 Å². The number of carbonyl (C=O) groups excluding carboxylic acids is 1. The number of carbonyl (C=O) groups is 1. The molecule has 24 heavy (non-hydrogen) atoms. The van der Waals surface area contributed by atoms with E-state index >= 15 is 0 Å². The zero-order valence-corrected chi connectivity index (χ0v) is 14.8. The van der Waals surface area contributed by atoms with Crippen molar-refractivity contribution in [3.63, 3.8) is 0 Å². The molecule has 0 aliphatic rings. The summed E-state index contributed by atoms with van der Waals surface area (Å²) in [6.45, 7) is 5.91. The second-order valence-corrected chi connectivity index (χ2v) is 6.16. The molecule has 2 rings (SSSR count). The van der Waals surface area contributed by atoms with Gasteiger partial charge in [0.1, 0.15) is 5.75 Å². The van der Waals surface area contributed by atoms with Crippen LogP contribution in [0.3, 0.4) is 0 Å². The van der Waals surface area contributed by atoms with Crippen LogP contribution in [0.4, 0.5) is 0 Å². The van der Waals surface area contributed by atoms with Crippen molar-refractivity contribution in [1.82, 2.24) is 5.43 Å². The molecule has 1 amide bonds. The van der Waals surface area contributed by atoms with E-state index < -0.39 is 0 Å². The van der Waals surface area contributed by atoms with Crippen molar-refractivity contribution < 1.29 is 9.53 Å². The molecule has 0 aliphatic carbocycles. The monoisotopic (exact) mass is 344 g/mol. The Kier molecular flexibility index (Phi) is 6.38. The van der Waals surface area contributed by atoms with Gasteiger partial charge in [0.15, 0.2) is 6.61 Å². The van der Waals surface area contributed by atoms with Gasteiger partial charge in [-0.1, -0.05) is 55.8 Å². The fourth-order valence-electron chi connectivity index (χ4n) is 2.17. The molecule has 4 nitrogen and oxygen atoms in total. The molecule has 0 radical (unpaired) electrons. The fourth-order valence-corrected chi connectivity index (χ4v) is 2.29. The number of hydrazone groups is 1. The maximum absolute atomic E-state index is 11.9. The number of ether oxygens (including phenoxy) is 1. The lowest BCUT2D eigenvalue weighted by molar-refractivity contribution is -0.123. The summed E-state index contributed by atoms with van der Waals surface area (Å²) in [7, 11) is 0. The highest BCUT2D eigenvalue weighted by Gasteiger charge is 2.09. The molecule has 2 aromatic carbocycles. The highest BCUT2D eigenvalue weighted by Crippen LogP contribution is 2.25. The fraction of sp³-hybridized carbons (Fsp3) is 0.263. The van der Waals surface area contributed by atoms with Crippen molar-refractivity contribution >= 4 is 23.2 Å². The number of rotatable bonds is 6. The van der Waals surface area contributed by atoms with Gasteiger partial charge in [-0.15, -0.1) is 0 Å². The first-order chi connectivity index (χ1) is 11.5. The largest absolute Gasteiger partial charge is 0.483 e. The van der Waals surface area contributed by atoms with Crippen LogP contribution < -0.4 is 10.2 Å². The Hall–Kier alpha value is -2.33. The van der Waals surface area contributed by atoms with Gasteiger partial charge in [0.05, 0.1) is 5.71 Å². The van der Waals surface area contributed by atoms with Crippen LogP contribution in [0.5, 0.6) is 5.75 Å². The molecule has 0 aliphatic heterocycles. The standard InChI is InChI=1S/C19H21ClN2O2/c1-13(2)17-6-4-5-7-18(17)24-12-19(23)22-21-14(3)15-8-10-16(20)11-9-15/h4-11,13H,12H2,1-3H3,(H,22,23)/b21-14+. The summed E-state index contributed by atoms with van der Waals surface area (Å²) < 4.78 is 5.62.